The normalized spacial score (nSPS) is 12.5. The maximum absolute atomic E-state index is 13.8. The van der Waals surface area contributed by atoms with Crippen molar-refractivity contribution in [2.75, 3.05) is 7.05 Å². The summed E-state index contributed by atoms with van der Waals surface area (Å²) in [7, 11) is 1.69. The largest absolute Gasteiger partial charge is 0.309 e. The van der Waals surface area contributed by atoms with Crippen LogP contribution in [0, 0.1) is 11.6 Å². The van der Waals surface area contributed by atoms with Gasteiger partial charge in [-0.25, -0.2) is 8.78 Å². The quantitative estimate of drug-likeness (QED) is 0.850. The van der Waals surface area contributed by atoms with Crippen LogP contribution in [0.1, 0.15) is 17.2 Å². The molecule has 1 nitrogen and oxygen atoms in total. The maximum atomic E-state index is 13.8. The van der Waals surface area contributed by atoms with E-state index in [1.807, 2.05) is 6.07 Å². The summed E-state index contributed by atoms with van der Waals surface area (Å²) in [6.45, 7) is 0. The number of nitrogens with one attached hydrogen (secondary N) is 1. The Morgan fingerprint density at radius 3 is 2.58 bits per heavy atom. The second-order valence-electron chi connectivity index (χ2n) is 4.04. The van der Waals surface area contributed by atoms with Crippen LogP contribution in [0.2, 0.25) is 5.02 Å². The van der Waals surface area contributed by atoms with Crippen molar-refractivity contribution in [2.24, 2.45) is 0 Å². The molecule has 0 aliphatic carbocycles. The van der Waals surface area contributed by atoms with Crippen LogP contribution in [-0.4, -0.2) is 7.05 Å². The number of halogens is 4. The second kappa shape index (κ2) is 5.99. The van der Waals surface area contributed by atoms with Gasteiger partial charge in [-0.05, 0) is 46.7 Å². The summed E-state index contributed by atoms with van der Waals surface area (Å²) < 4.78 is 27.9. The summed E-state index contributed by atoms with van der Waals surface area (Å²) in [4.78, 5) is 0. The van der Waals surface area contributed by atoms with Gasteiger partial charge in [-0.15, -0.1) is 0 Å². The fourth-order valence-electron chi connectivity index (χ4n) is 1.94. The Labute approximate surface area is 123 Å². The highest BCUT2D eigenvalue weighted by molar-refractivity contribution is 9.10. The zero-order valence-electron chi connectivity index (χ0n) is 10.1. The van der Waals surface area contributed by atoms with Crippen molar-refractivity contribution in [3.8, 4) is 0 Å². The van der Waals surface area contributed by atoms with Crippen molar-refractivity contribution >= 4 is 27.5 Å². The Morgan fingerprint density at radius 2 is 1.95 bits per heavy atom. The molecule has 0 amide bonds. The van der Waals surface area contributed by atoms with E-state index >= 15 is 0 Å². The number of hydrogen-bond donors (Lipinski definition) is 1. The van der Waals surface area contributed by atoms with Crippen molar-refractivity contribution in [2.45, 2.75) is 6.04 Å². The Bertz CT molecular complexity index is 604. The standard InChI is InChI=1S/C14H11BrClF2N/c1-19-14(8-5-6-10(15)11(16)7-8)9-3-2-4-12(17)13(9)18/h2-7,14,19H,1H3. The van der Waals surface area contributed by atoms with Crippen molar-refractivity contribution < 1.29 is 8.78 Å². The van der Waals surface area contributed by atoms with Crippen LogP contribution in [0.3, 0.4) is 0 Å². The molecule has 0 saturated heterocycles. The van der Waals surface area contributed by atoms with E-state index in [0.717, 1.165) is 16.1 Å². The van der Waals surface area contributed by atoms with Crippen LogP contribution in [0.4, 0.5) is 8.78 Å². The molecule has 2 rings (SSSR count). The summed E-state index contributed by atoms with van der Waals surface area (Å²) in [5, 5.41) is 3.49. The molecule has 100 valence electrons. The van der Waals surface area contributed by atoms with Crippen molar-refractivity contribution in [1.82, 2.24) is 5.32 Å². The summed E-state index contributed by atoms with van der Waals surface area (Å²) in [5.41, 5.74) is 1.01. The van der Waals surface area contributed by atoms with Gasteiger partial charge < -0.3 is 5.32 Å². The zero-order valence-corrected chi connectivity index (χ0v) is 12.4. The summed E-state index contributed by atoms with van der Waals surface area (Å²) in [6, 6.07) is 8.98. The van der Waals surface area contributed by atoms with Crippen molar-refractivity contribution in [1.29, 1.82) is 0 Å². The van der Waals surface area contributed by atoms with Gasteiger partial charge in [0.2, 0.25) is 0 Å². The first kappa shape index (κ1) is 14.4. The predicted molar refractivity (Wildman–Crippen MR) is 76.4 cm³/mol. The van der Waals surface area contributed by atoms with Gasteiger partial charge in [0, 0.05) is 10.0 Å². The average Bonchev–Trinajstić information content (AvgIpc) is 2.39. The fourth-order valence-corrected chi connectivity index (χ4v) is 2.37. The third-order valence-electron chi connectivity index (χ3n) is 2.86. The Morgan fingerprint density at radius 1 is 1.21 bits per heavy atom. The highest BCUT2D eigenvalue weighted by Crippen LogP contribution is 2.30. The molecule has 5 heteroatoms. The maximum Gasteiger partial charge on any atom is 0.163 e. The predicted octanol–water partition coefficient (Wildman–Crippen LogP) is 4.69. The van der Waals surface area contributed by atoms with E-state index in [1.54, 1.807) is 25.2 Å². The molecule has 1 atom stereocenters. The highest BCUT2D eigenvalue weighted by atomic mass is 79.9. The topological polar surface area (TPSA) is 12.0 Å². The molecule has 0 aromatic heterocycles. The number of hydrogen-bond acceptors (Lipinski definition) is 1. The van der Waals surface area contributed by atoms with Crippen LogP contribution in [0.15, 0.2) is 40.9 Å². The van der Waals surface area contributed by atoms with Crippen LogP contribution in [-0.2, 0) is 0 Å². The summed E-state index contributed by atoms with van der Waals surface area (Å²) in [5.74, 6) is -1.71. The van der Waals surface area contributed by atoms with Gasteiger partial charge in [-0.3, -0.25) is 0 Å². The molecular weight excluding hydrogens is 336 g/mol. The first-order valence-corrected chi connectivity index (χ1v) is 6.77. The van der Waals surface area contributed by atoms with Gasteiger partial charge in [-0.2, -0.15) is 0 Å². The lowest BCUT2D eigenvalue weighted by Crippen LogP contribution is -2.19. The minimum atomic E-state index is -0.860. The van der Waals surface area contributed by atoms with Crippen LogP contribution in [0.5, 0.6) is 0 Å². The van der Waals surface area contributed by atoms with Gasteiger partial charge in [0.05, 0.1) is 11.1 Å². The van der Waals surface area contributed by atoms with E-state index in [-0.39, 0.29) is 5.56 Å². The van der Waals surface area contributed by atoms with Gasteiger partial charge in [-0.1, -0.05) is 29.8 Å². The smallest absolute Gasteiger partial charge is 0.163 e. The molecular formula is C14H11BrClF2N. The monoisotopic (exact) mass is 345 g/mol. The highest BCUT2D eigenvalue weighted by Gasteiger charge is 2.19. The van der Waals surface area contributed by atoms with Crippen molar-refractivity contribution in [3.05, 3.63) is 68.7 Å². The van der Waals surface area contributed by atoms with E-state index < -0.39 is 17.7 Å². The Kier molecular flexibility index (Phi) is 4.55. The van der Waals surface area contributed by atoms with E-state index in [2.05, 4.69) is 21.2 Å². The van der Waals surface area contributed by atoms with E-state index in [0.29, 0.717) is 5.02 Å². The molecule has 0 aliphatic rings. The van der Waals surface area contributed by atoms with Crippen LogP contribution in [0.25, 0.3) is 0 Å². The minimum absolute atomic E-state index is 0.251. The lowest BCUT2D eigenvalue weighted by Gasteiger charge is -2.18. The average molecular weight is 347 g/mol. The second-order valence-corrected chi connectivity index (χ2v) is 5.30. The lowest BCUT2D eigenvalue weighted by atomic mass is 9.98. The van der Waals surface area contributed by atoms with Crippen LogP contribution < -0.4 is 5.32 Å². The van der Waals surface area contributed by atoms with Gasteiger partial charge in [0.15, 0.2) is 11.6 Å². The third kappa shape index (κ3) is 2.96. The molecule has 1 unspecified atom stereocenters. The number of rotatable bonds is 3. The first-order valence-electron chi connectivity index (χ1n) is 5.60. The zero-order chi connectivity index (χ0) is 14.0. The van der Waals surface area contributed by atoms with Crippen LogP contribution >= 0.6 is 27.5 Å². The molecule has 0 radical (unpaired) electrons. The molecule has 0 heterocycles. The van der Waals surface area contributed by atoms with Crippen molar-refractivity contribution in [3.63, 3.8) is 0 Å². The lowest BCUT2D eigenvalue weighted by molar-refractivity contribution is 0.487. The third-order valence-corrected chi connectivity index (χ3v) is 4.09. The molecule has 0 bridgehead atoms. The first-order chi connectivity index (χ1) is 9.04. The van der Waals surface area contributed by atoms with E-state index in [4.69, 9.17) is 11.6 Å². The van der Waals surface area contributed by atoms with Gasteiger partial charge in [0.25, 0.3) is 0 Å². The SMILES string of the molecule is CNC(c1ccc(Br)c(Cl)c1)c1cccc(F)c1F. The minimum Gasteiger partial charge on any atom is -0.309 e. The molecule has 19 heavy (non-hydrogen) atoms. The fraction of sp³-hybridized carbons (Fsp3) is 0.143. The Hall–Kier alpha value is -0.970. The summed E-state index contributed by atoms with van der Waals surface area (Å²) >= 11 is 9.33. The van der Waals surface area contributed by atoms with E-state index in [9.17, 15) is 8.78 Å². The Balaban J connectivity index is 2.50. The van der Waals surface area contributed by atoms with Gasteiger partial charge in [0.1, 0.15) is 0 Å². The number of benzene rings is 2. The molecule has 0 saturated carbocycles. The molecule has 0 spiro atoms. The molecule has 1 N–H and O–H groups in total. The van der Waals surface area contributed by atoms with E-state index in [1.165, 1.54) is 6.07 Å². The summed E-state index contributed by atoms with van der Waals surface area (Å²) in [6.07, 6.45) is 0. The van der Waals surface area contributed by atoms with Gasteiger partial charge >= 0.3 is 0 Å². The molecule has 2 aromatic rings. The molecule has 0 aliphatic heterocycles. The molecule has 0 fully saturated rings. The molecule has 2 aromatic carbocycles.